The van der Waals surface area contributed by atoms with Crippen molar-refractivity contribution in [3.63, 3.8) is 0 Å². The van der Waals surface area contributed by atoms with Gasteiger partial charge in [0.1, 0.15) is 12.4 Å². The second-order valence-corrected chi connectivity index (χ2v) is 7.08. The van der Waals surface area contributed by atoms with E-state index in [9.17, 15) is 9.59 Å². The topological polar surface area (TPSA) is 97.1 Å². The standard InChI is InChI=1S/C21H24ClNO6/c1-13(2)10-28-20-17(22)8-15(9-18(20)26-3)21(25)29-11-14-5-4-6-16(7-14)27-12-19(23)24/h4-9,13H,10-12H2,1-3H3,(H2,23,24). The highest BCUT2D eigenvalue weighted by Gasteiger charge is 2.17. The maximum absolute atomic E-state index is 12.4. The van der Waals surface area contributed by atoms with Crippen LogP contribution in [0.15, 0.2) is 36.4 Å². The first-order valence-electron chi connectivity index (χ1n) is 8.97. The molecule has 2 rings (SSSR count). The van der Waals surface area contributed by atoms with Gasteiger partial charge in [-0.2, -0.15) is 0 Å². The average Bonchev–Trinajstić information content (AvgIpc) is 2.69. The van der Waals surface area contributed by atoms with Gasteiger partial charge in [-0.1, -0.05) is 37.6 Å². The van der Waals surface area contributed by atoms with E-state index in [4.69, 9.17) is 36.3 Å². The summed E-state index contributed by atoms with van der Waals surface area (Å²) in [6, 6.07) is 9.83. The van der Waals surface area contributed by atoms with Crippen LogP contribution in [0.2, 0.25) is 5.02 Å². The minimum atomic E-state index is -0.575. The molecule has 0 radical (unpaired) electrons. The Kier molecular flexibility index (Phi) is 8.15. The van der Waals surface area contributed by atoms with Crippen LogP contribution < -0.4 is 19.9 Å². The number of hydrogen-bond donors (Lipinski definition) is 1. The molecular formula is C21H24ClNO6. The minimum Gasteiger partial charge on any atom is -0.493 e. The minimum absolute atomic E-state index is 0.0120. The highest BCUT2D eigenvalue weighted by atomic mass is 35.5. The first-order chi connectivity index (χ1) is 13.8. The first-order valence-corrected chi connectivity index (χ1v) is 9.35. The van der Waals surface area contributed by atoms with E-state index in [0.29, 0.717) is 35.3 Å². The highest BCUT2D eigenvalue weighted by molar-refractivity contribution is 6.32. The van der Waals surface area contributed by atoms with Crippen LogP contribution in [0, 0.1) is 5.92 Å². The summed E-state index contributed by atoms with van der Waals surface area (Å²) in [5, 5.41) is 0.263. The van der Waals surface area contributed by atoms with Gasteiger partial charge in [0.25, 0.3) is 5.91 Å². The molecule has 0 aliphatic heterocycles. The molecule has 0 unspecified atom stereocenters. The molecule has 8 heteroatoms. The van der Waals surface area contributed by atoms with Gasteiger partial charge in [-0.3, -0.25) is 4.79 Å². The molecule has 0 heterocycles. The number of hydrogen-bond acceptors (Lipinski definition) is 6. The van der Waals surface area contributed by atoms with Crippen molar-refractivity contribution >= 4 is 23.5 Å². The largest absolute Gasteiger partial charge is 0.493 e. The molecule has 1 amide bonds. The molecule has 2 aromatic rings. The van der Waals surface area contributed by atoms with E-state index in [1.54, 1.807) is 24.3 Å². The number of carbonyl (C=O) groups is 2. The zero-order valence-electron chi connectivity index (χ0n) is 16.6. The van der Waals surface area contributed by atoms with Gasteiger partial charge in [0.05, 0.1) is 24.3 Å². The highest BCUT2D eigenvalue weighted by Crippen LogP contribution is 2.37. The van der Waals surface area contributed by atoms with Crippen molar-refractivity contribution < 1.29 is 28.5 Å². The van der Waals surface area contributed by atoms with Gasteiger partial charge in [-0.15, -0.1) is 0 Å². The van der Waals surface area contributed by atoms with Gasteiger partial charge in [-0.05, 0) is 35.7 Å². The molecule has 0 aliphatic rings. The predicted molar refractivity (Wildman–Crippen MR) is 109 cm³/mol. The van der Waals surface area contributed by atoms with Crippen molar-refractivity contribution in [2.45, 2.75) is 20.5 Å². The van der Waals surface area contributed by atoms with Crippen LogP contribution in [-0.4, -0.2) is 32.2 Å². The molecule has 7 nitrogen and oxygen atoms in total. The molecule has 29 heavy (non-hydrogen) atoms. The second kappa shape index (κ2) is 10.6. The average molecular weight is 422 g/mol. The van der Waals surface area contributed by atoms with Crippen molar-refractivity contribution in [3.05, 3.63) is 52.5 Å². The summed E-state index contributed by atoms with van der Waals surface area (Å²) in [5.41, 5.74) is 5.99. The van der Waals surface area contributed by atoms with Crippen molar-refractivity contribution in [2.75, 3.05) is 20.3 Å². The number of benzene rings is 2. The fourth-order valence-corrected chi connectivity index (χ4v) is 2.60. The van der Waals surface area contributed by atoms with E-state index in [1.807, 2.05) is 13.8 Å². The second-order valence-electron chi connectivity index (χ2n) is 6.67. The van der Waals surface area contributed by atoms with Crippen molar-refractivity contribution in [1.29, 1.82) is 0 Å². The normalized spacial score (nSPS) is 10.5. The van der Waals surface area contributed by atoms with Crippen molar-refractivity contribution in [2.24, 2.45) is 11.7 Å². The van der Waals surface area contributed by atoms with Crippen LogP contribution >= 0.6 is 11.6 Å². The van der Waals surface area contributed by atoms with Crippen molar-refractivity contribution in [3.8, 4) is 17.2 Å². The third kappa shape index (κ3) is 6.87. The predicted octanol–water partition coefficient (Wildman–Crippen LogP) is 3.60. The number of nitrogens with two attached hydrogens (primary N) is 1. The smallest absolute Gasteiger partial charge is 0.338 e. The van der Waals surface area contributed by atoms with E-state index >= 15 is 0 Å². The van der Waals surface area contributed by atoms with Gasteiger partial charge < -0.3 is 24.7 Å². The summed E-state index contributed by atoms with van der Waals surface area (Å²) >= 11 is 6.27. The number of amides is 1. The Morgan fingerprint density at radius 2 is 1.90 bits per heavy atom. The zero-order valence-corrected chi connectivity index (χ0v) is 17.3. The molecule has 0 fully saturated rings. The summed E-state index contributed by atoms with van der Waals surface area (Å²) in [6.07, 6.45) is 0. The number of methoxy groups -OCH3 is 1. The van der Waals surface area contributed by atoms with Gasteiger partial charge in [0.15, 0.2) is 18.1 Å². The van der Waals surface area contributed by atoms with Crippen LogP contribution in [0.4, 0.5) is 0 Å². The van der Waals surface area contributed by atoms with Gasteiger partial charge in [-0.25, -0.2) is 4.79 Å². The quantitative estimate of drug-likeness (QED) is 0.588. The lowest BCUT2D eigenvalue weighted by molar-refractivity contribution is -0.119. The van der Waals surface area contributed by atoms with Crippen LogP contribution in [0.1, 0.15) is 29.8 Å². The number of ether oxygens (including phenoxy) is 4. The van der Waals surface area contributed by atoms with Gasteiger partial charge in [0.2, 0.25) is 0 Å². The van der Waals surface area contributed by atoms with Crippen LogP contribution in [-0.2, 0) is 16.1 Å². The maximum atomic E-state index is 12.4. The molecule has 0 saturated carbocycles. The molecule has 2 aromatic carbocycles. The Labute approximate surface area is 174 Å². The molecule has 0 atom stereocenters. The van der Waals surface area contributed by atoms with E-state index in [-0.39, 0.29) is 23.8 Å². The number of primary amides is 1. The maximum Gasteiger partial charge on any atom is 0.338 e. The fourth-order valence-electron chi connectivity index (χ4n) is 2.34. The van der Waals surface area contributed by atoms with E-state index in [2.05, 4.69) is 0 Å². The van der Waals surface area contributed by atoms with E-state index < -0.39 is 11.9 Å². The monoisotopic (exact) mass is 421 g/mol. The van der Waals surface area contributed by atoms with E-state index in [1.165, 1.54) is 19.2 Å². The Morgan fingerprint density at radius 1 is 1.14 bits per heavy atom. The lowest BCUT2D eigenvalue weighted by Crippen LogP contribution is -2.20. The van der Waals surface area contributed by atoms with E-state index in [0.717, 1.165) is 0 Å². The summed E-state index contributed by atoms with van der Waals surface area (Å²) in [4.78, 5) is 23.3. The Balaban J connectivity index is 2.06. The number of halogens is 1. The number of esters is 1. The zero-order chi connectivity index (χ0) is 21.4. The summed E-state index contributed by atoms with van der Waals surface area (Å²) < 4.78 is 21.6. The summed E-state index contributed by atoms with van der Waals surface area (Å²) in [7, 11) is 1.47. The molecule has 0 aromatic heterocycles. The number of rotatable bonds is 10. The molecular weight excluding hydrogens is 398 g/mol. The molecule has 0 bridgehead atoms. The lowest BCUT2D eigenvalue weighted by Gasteiger charge is -2.15. The molecule has 0 spiro atoms. The van der Waals surface area contributed by atoms with Gasteiger partial charge >= 0.3 is 5.97 Å². The third-order valence-electron chi connectivity index (χ3n) is 3.68. The Morgan fingerprint density at radius 3 is 2.55 bits per heavy atom. The summed E-state index contributed by atoms with van der Waals surface area (Å²) in [5.74, 6) is 0.361. The third-order valence-corrected chi connectivity index (χ3v) is 3.96. The SMILES string of the molecule is COc1cc(C(=O)OCc2cccc(OCC(N)=O)c2)cc(Cl)c1OCC(C)C. The molecule has 2 N–H and O–H groups in total. The van der Waals surface area contributed by atoms with Crippen LogP contribution in [0.25, 0.3) is 0 Å². The van der Waals surface area contributed by atoms with Crippen LogP contribution in [0.3, 0.4) is 0 Å². The number of carbonyl (C=O) groups excluding carboxylic acids is 2. The van der Waals surface area contributed by atoms with Gasteiger partial charge in [0, 0.05) is 0 Å². The first kappa shape index (κ1) is 22.4. The Hall–Kier alpha value is -2.93. The summed E-state index contributed by atoms with van der Waals surface area (Å²) in [6.45, 7) is 4.28. The molecule has 156 valence electrons. The van der Waals surface area contributed by atoms with Crippen LogP contribution in [0.5, 0.6) is 17.2 Å². The van der Waals surface area contributed by atoms with Crippen molar-refractivity contribution in [1.82, 2.24) is 0 Å². The Bertz CT molecular complexity index is 868. The lowest BCUT2D eigenvalue weighted by atomic mass is 10.2. The fraction of sp³-hybridized carbons (Fsp3) is 0.333. The molecule has 0 saturated heterocycles. The molecule has 0 aliphatic carbocycles.